The maximum absolute atomic E-state index is 12.8. The maximum Gasteiger partial charge on any atom is 0.325 e. The molecule has 150 valence electrons. The molecule has 1 spiro atoms. The molecule has 2 fully saturated rings. The van der Waals surface area contributed by atoms with E-state index in [1.165, 1.54) is 14.0 Å². The van der Waals surface area contributed by atoms with Crippen LogP contribution in [0.3, 0.4) is 0 Å². The average Bonchev–Trinajstić information content (AvgIpc) is 2.86. The van der Waals surface area contributed by atoms with E-state index in [0.717, 1.165) is 24.2 Å². The molecule has 0 bridgehead atoms. The highest BCUT2D eigenvalue weighted by molar-refractivity contribution is 6.10. The van der Waals surface area contributed by atoms with Crippen molar-refractivity contribution in [1.82, 2.24) is 10.2 Å². The second-order valence-electron chi connectivity index (χ2n) is 7.11. The van der Waals surface area contributed by atoms with Crippen molar-refractivity contribution in [3.8, 4) is 5.75 Å². The van der Waals surface area contributed by atoms with Crippen LogP contribution in [0.25, 0.3) is 0 Å². The fourth-order valence-corrected chi connectivity index (χ4v) is 3.73. The van der Waals surface area contributed by atoms with Crippen molar-refractivity contribution in [3.05, 3.63) is 18.2 Å². The van der Waals surface area contributed by atoms with Crippen molar-refractivity contribution in [3.63, 3.8) is 0 Å². The van der Waals surface area contributed by atoms with Crippen LogP contribution >= 0.6 is 0 Å². The fourth-order valence-electron chi connectivity index (χ4n) is 3.73. The summed E-state index contributed by atoms with van der Waals surface area (Å²) < 4.78 is 5.22. The quantitative estimate of drug-likeness (QED) is 0.666. The molecule has 0 aromatic heterocycles. The summed E-state index contributed by atoms with van der Waals surface area (Å²) in [6, 6.07) is 4.25. The van der Waals surface area contributed by atoms with Gasteiger partial charge in [0.05, 0.1) is 12.8 Å². The van der Waals surface area contributed by atoms with Gasteiger partial charge in [0.1, 0.15) is 17.8 Å². The number of imide groups is 1. The van der Waals surface area contributed by atoms with Crippen molar-refractivity contribution in [2.75, 3.05) is 24.3 Å². The van der Waals surface area contributed by atoms with Gasteiger partial charge in [0.2, 0.25) is 11.8 Å². The molecule has 9 nitrogen and oxygen atoms in total. The minimum absolute atomic E-state index is 0.250. The summed E-state index contributed by atoms with van der Waals surface area (Å²) in [5, 5.41) is 8.04. The highest BCUT2D eigenvalue weighted by Gasteiger charge is 2.51. The van der Waals surface area contributed by atoms with Crippen molar-refractivity contribution < 1.29 is 23.9 Å². The molecule has 0 unspecified atom stereocenters. The number of urea groups is 1. The van der Waals surface area contributed by atoms with Crippen molar-refractivity contribution in [2.24, 2.45) is 0 Å². The molecule has 3 rings (SSSR count). The summed E-state index contributed by atoms with van der Waals surface area (Å²) in [6.07, 6.45) is 3.98. The molecule has 0 radical (unpaired) electrons. The Labute approximate surface area is 162 Å². The molecule has 28 heavy (non-hydrogen) atoms. The molecule has 1 aromatic carbocycles. The summed E-state index contributed by atoms with van der Waals surface area (Å²) in [4.78, 5) is 49.8. The normalized spacial score (nSPS) is 18.0. The smallest absolute Gasteiger partial charge is 0.325 e. The standard InChI is InChI=1S/C19H24N4O5/c1-12(24)20-13-6-7-15(28-2)14(10-13)21-16(25)11-23-17(26)19(22-18(23)27)8-4-3-5-9-19/h6-7,10H,3-5,8-9,11H2,1-2H3,(H,20,24)(H,21,25)(H,22,27). The molecule has 1 aromatic rings. The van der Waals surface area contributed by atoms with E-state index in [9.17, 15) is 19.2 Å². The number of nitrogens with one attached hydrogen (secondary N) is 3. The highest BCUT2D eigenvalue weighted by atomic mass is 16.5. The third kappa shape index (κ3) is 3.92. The predicted octanol–water partition coefficient (Wildman–Crippen LogP) is 1.85. The van der Waals surface area contributed by atoms with Crippen molar-refractivity contribution in [2.45, 2.75) is 44.6 Å². The second-order valence-corrected chi connectivity index (χ2v) is 7.11. The Morgan fingerprint density at radius 2 is 1.89 bits per heavy atom. The van der Waals surface area contributed by atoms with Gasteiger partial charge in [-0.15, -0.1) is 0 Å². The number of ether oxygens (including phenoxy) is 1. The van der Waals surface area contributed by atoms with Crippen LogP contribution in [0.1, 0.15) is 39.0 Å². The number of methoxy groups -OCH3 is 1. The number of anilines is 2. The Kier molecular flexibility index (Phi) is 5.53. The first-order valence-corrected chi connectivity index (χ1v) is 9.24. The lowest BCUT2D eigenvalue weighted by Gasteiger charge is -2.30. The van der Waals surface area contributed by atoms with E-state index in [1.807, 2.05) is 0 Å². The van der Waals surface area contributed by atoms with Gasteiger partial charge in [-0.05, 0) is 31.0 Å². The van der Waals surface area contributed by atoms with Crippen LogP contribution in [-0.2, 0) is 14.4 Å². The molecule has 5 amide bonds. The van der Waals surface area contributed by atoms with Gasteiger partial charge in [-0.1, -0.05) is 19.3 Å². The van der Waals surface area contributed by atoms with Crippen LogP contribution in [0.2, 0.25) is 0 Å². The Bertz CT molecular complexity index is 817. The van der Waals surface area contributed by atoms with Gasteiger partial charge >= 0.3 is 6.03 Å². The molecule has 1 saturated heterocycles. The Balaban J connectivity index is 1.71. The van der Waals surface area contributed by atoms with E-state index in [2.05, 4.69) is 16.0 Å². The van der Waals surface area contributed by atoms with E-state index in [1.54, 1.807) is 18.2 Å². The Hall–Kier alpha value is -3.10. The Morgan fingerprint density at radius 3 is 2.54 bits per heavy atom. The number of benzene rings is 1. The minimum atomic E-state index is -0.862. The summed E-state index contributed by atoms with van der Waals surface area (Å²) in [5.41, 5.74) is -0.0449. The summed E-state index contributed by atoms with van der Waals surface area (Å²) in [6.45, 7) is 0.987. The molecule has 1 saturated carbocycles. The molecular weight excluding hydrogens is 364 g/mol. The van der Waals surface area contributed by atoms with Gasteiger partial charge < -0.3 is 20.7 Å². The third-order valence-electron chi connectivity index (χ3n) is 5.05. The number of rotatable bonds is 5. The monoisotopic (exact) mass is 388 g/mol. The third-order valence-corrected chi connectivity index (χ3v) is 5.05. The minimum Gasteiger partial charge on any atom is -0.495 e. The van der Waals surface area contributed by atoms with Crippen molar-refractivity contribution >= 4 is 35.1 Å². The van der Waals surface area contributed by atoms with Crippen LogP contribution in [0, 0.1) is 0 Å². The predicted molar refractivity (Wildman–Crippen MR) is 102 cm³/mol. The maximum atomic E-state index is 12.8. The first-order chi connectivity index (χ1) is 13.3. The first-order valence-electron chi connectivity index (χ1n) is 9.24. The van der Waals surface area contributed by atoms with Crippen LogP contribution in [0.15, 0.2) is 18.2 Å². The van der Waals surface area contributed by atoms with E-state index in [4.69, 9.17) is 4.74 Å². The lowest BCUT2D eigenvalue weighted by molar-refractivity contribution is -0.134. The SMILES string of the molecule is COc1ccc(NC(C)=O)cc1NC(=O)CN1C(=O)NC2(CCCCC2)C1=O. The van der Waals surface area contributed by atoms with Crippen LogP contribution in [-0.4, -0.2) is 47.8 Å². The van der Waals surface area contributed by atoms with Gasteiger partial charge in [-0.3, -0.25) is 19.3 Å². The summed E-state index contributed by atoms with van der Waals surface area (Å²) >= 11 is 0. The lowest BCUT2D eigenvalue weighted by Crippen LogP contribution is -2.48. The van der Waals surface area contributed by atoms with E-state index in [-0.39, 0.29) is 18.4 Å². The van der Waals surface area contributed by atoms with E-state index >= 15 is 0 Å². The zero-order valence-electron chi connectivity index (χ0n) is 16.0. The molecular formula is C19H24N4O5. The zero-order chi connectivity index (χ0) is 20.3. The van der Waals surface area contributed by atoms with Gasteiger partial charge in [0.25, 0.3) is 5.91 Å². The number of carbonyl (C=O) groups excluding carboxylic acids is 4. The van der Waals surface area contributed by atoms with Gasteiger partial charge in [0, 0.05) is 12.6 Å². The van der Waals surface area contributed by atoms with Crippen LogP contribution in [0.5, 0.6) is 5.75 Å². The molecule has 2 aliphatic rings. The molecule has 1 aliphatic heterocycles. The van der Waals surface area contributed by atoms with Gasteiger partial charge in [0.15, 0.2) is 0 Å². The number of carbonyl (C=O) groups is 4. The topological polar surface area (TPSA) is 117 Å². The zero-order valence-corrected chi connectivity index (χ0v) is 16.0. The molecule has 0 atom stereocenters. The molecule has 1 aliphatic carbocycles. The van der Waals surface area contributed by atoms with Crippen LogP contribution < -0.4 is 20.7 Å². The molecule has 9 heteroatoms. The number of hydrogen-bond donors (Lipinski definition) is 3. The average molecular weight is 388 g/mol. The lowest BCUT2D eigenvalue weighted by atomic mass is 9.82. The van der Waals surface area contributed by atoms with Gasteiger partial charge in [-0.25, -0.2) is 4.79 Å². The molecule has 3 N–H and O–H groups in total. The number of amides is 5. The number of nitrogens with zero attached hydrogens (tertiary/aromatic N) is 1. The second kappa shape index (κ2) is 7.87. The Morgan fingerprint density at radius 1 is 1.18 bits per heavy atom. The summed E-state index contributed by atoms with van der Waals surface area (Å²) in [5.74, 6) is -0.732. The van der Waals surface area contributed by atoms with Crippen LogP contribution in [0.4, 0.5) is 16.2 Å². The largest absolute Gasteiger partial charge is 0.495 e. The van der Waals surface area contributed by atoms with Gasteiger partial charge in [-0.2, -0.15) is 0 Å². The molecule has 1 heterocycles. The first kappa shape index (κ1) is 19.7. The van der Waals surface area contributed by atoms with E-state index < -0.39 is 17.5 Å². The summed E-state index contributed by atoms with van der Waals surface area (Å²) in [7, 11) is 1.45. The van der Waals surface area contributed by atoms with E-state index in [0.29, 0.717) is 30.0 Å². The number of hydrogen-bond acceptors (Lipinski definition) is 5. The van der Waals surface area contributed by atoms with Crippen molar-refractivity contribution in [1.29, 1.82) is 0 Å². The fraction of sp³-hybridized carbons (Fsp3) is 0.474. The highest BCUT2D eigenvalue weighted by Crippen LogP contribution is 2.34.